The van der Waals surface area contributed by atoms with E-state index in [1.165, 1.54) is 0 Å². The van der Waals surface area contributed by atoms with Crippen LogP contribution in [0.25, 0.3) is 0 Å². The average Bonchev–Trinajstić information content (AvgIpc) is 2.47. The highest BCUT2D eigenvalue weighted by Crippen LogP contribution is 2.13. The van der Waals surface area contributed by atoms with Gasteiger partial charge in [-0.15, -0.1) is 0 Å². The molecule has 0 aromatic heterocycles. The largest absolute Gasteiger partial charge is 0.464 e. The molecule has 0 aromatic carbocycles. The Labute approximate surface area is 76.4 Å². The molecule has 74 valence electrons. The standard InChI is InChI=1S/C8H13NO4/c1-3-5-6(7(10)12-4-2)9-8(11)13-5/h5-6H,3-4H2,1-2H3,(H,9,11). The lowest BCUT2D eigenvalue weighted by molar-refractivity contribution is -0.146. The van der Waals surface area contributed by atoms with E-state index in [1.807, 2.05) is 6.92 Å². The number of cyclic esters (lactones) is 1. The fourth-order valence-electron chi connectivity index (χ4n) is 1.22. The summed E-state index contributed by atoms with van der Waals surface area (Å²) in [6.45, 7) is 3.87. The topological polar surface area (TPSA) is 64.6 Å². The molecule has 1 amide bonds. The first-order valence-corrected chi connectivity index (χ1v) is 4.32. The molecule has 1 N–H and O–H groups in total. The van der Waals surface area contributed by atoms with Crippen molar-refractivity contribution in [2.24, 2.45) is 0 Å². The first kappa shape index (κ1) is 9.83. The Kier molecular flexibility index (Phi) is 3.11. The fourth-order valence-corrected chi connectivity index (χ4v) is 1.22. The third-order valence-electron chi connectivity index (χ3n) is 1.85. The van der Waals surface area contributed by atoms with E-state index < -0.39 is 24.2 Å². The molecule has 1 heterocycles. The fraction of sp³-hybridized carbons (Fsp3) is 0.750. The van der Waals surface area contributed by atoms with Crippen LogP contribution in [-0.4, -0.2) is 30.8 Å². The maximum absolute atomic E-state index is 11.2. The van der Waals surface area contributed by atoms with Crippen molar-refractivity contribution in [2.45, 2.75) is 32.4 Å². The molecule has 1 aliphatic rings. The number of alkyl carbamates (subject to hydrolysis) is 1. The number of amides is 1. The predicted molar refractivity (Wildman–Crippen MR) is 44.1 cm³/mol. The molecule has 0 spiro atoms. The van der Waals surface area contributed by atoms with E-state index >= 15 is 0 Å². The van der Waals surface area contributed by atoms with Crippen molar-refractivity contribution in [3.05, 3.63) is 0 Å². The number of carbonyl (C=O) groups is 2. The van der Waals surface area contributed by atoms with Gasteiger partial charge in [0.25, 0.3) is 0 Å². The monoisotopic (exact) mass is 187 g/mol. The van der Waals surface area contributed by atoms with E-state index in [1.54, 1.807) is 6.92 Å². The van der Waals surface area contributed by atoms with Gasteiger partial charge in [-0.2, -0.15) is 0 Å². The molecule has 2 unspecified atom stereocenters. The van der Waals surface area contributed by atoms with Crippen molar-refractivity contribution >= 4 is 12.1 Å². The zero-order chi connectivity index (χ0) is 9.84. The maximum atomic E-state index is 11.2. The van der Waals surface area contributed by atoms with Gasteiger partial charge in [-0.25, -0.2) is 9.59 Å². The summed E-state index contributed by atoms with van der Waals surface area (Å²) in [6, 6.07) is -0.641. The Morgan fingerprint density at radius 1 is 1.62 bits per heavy atom. The molecule has 2 atom stereocenters. The van der Waals surface area contributed by atoms with Crippen LogP contribution >= 0.6 is 0 Å². The van der Waals surface area contributed by atoms with Gasteiger partial charge in [-0.05, 0) is 13.3 Å². The molecule has 1 fully saturated rings. The molecular formula is C8H13NO4. The first-order valence-electron chi connectivity index (χ1n) is 4.32. The highest BCUT2D eigenvalue weighted by Gasteiger charge is 2.38. The zero-order valence-electron chi connectivity index (χ0n) is 7.70. The van der Waals surface area contributed by atoms with Crippen molar-refractivity contribution < 1.29 is 19.1 Å². The van der Waals surface area contributed by atoms with Crippen LogP contribution in [0, 0.1) is 0 Å². The molecule has 1 rings (SSSR count). The van der Waals surface area contributed by atoms with Gasteiger partial charge in [-0.3, -0.25) is 0 Å². The van der Waals surface area contributed by atoms with Gasteiger partial charge in [0, 0.05) is 0 Å². The summed E-state index contributed by atoms with van der Waals surface area (Å²) in [4.78, 5) is 22.0. The first-order chi connectivity index (χ1) is 6.19. The quantitative estimate of drug-likeness (QED) is 0.651. The molecule has 13 heavy (non-hydrogen) atoms. The second-order valence-corrected chi connectivity index (χ2v) is 2.73. The Balaban J connectivity index is 2.57. The molecule has 1 saturated heterocycles. The number of rotatable bonds is 3. The third kappa shape index (κ3) is 2.11. The number of esters is 1. The van der Waals surface area contributed by atoms with Crippen LogP contribution in [-0.2, 0) is 14.3 Å². The Morgan fingerprint density at radius 2 is 2.31 bits per heavy atom. The highest BCUT2D eigenvalue weighted by molar-refractivity contribution is 5.84. The van der Waals surface area contributed by atoms with E-state index in [9.17, 15) is 9.59 Å². The zero-order valence-corrected chi connectivity index (χ0v) is 7.70. The molecule has 1 aliphatic heterocycles. The second-order valence-electron chi connectivity index (χ2n) is 2.73. The van der Waals surface area contributed by atoms with Crippen LogP contribution in [0.5, 0.6) is 0 Å². The lowest BCUT2D eigenvalue weighted by Crippen LogP contribution is -2.40. The Bertz CT molecular complexity index is 216. The molecule has 0 aromatic rings. The van der Waals surface area contributed by atoms with Gasteiger partial charge in [0.15, 0.2) is 6.04 Å². The van der Waals surface area contributed by atoms with Crippen molar-refractivity contribution in [3.63, 3.8) is 0 Å². The van der Waals surface area contributed by atoms with Gasteiger partial charge in [-0.1, -0.05) is 6.92 Å². The molecule has 5 nitrogen and oxygen atoms in total. The number of ether oxygens (including phenoxy) is 2. The van der Waals surface area contributed by atoms with Crippen LogP contribution in [0.15, 0.2) is 0 Å². The van der Waals surface area contributed by atoms with E-state index in [4.69, 9.17) is 9.47 Å². The third-order valence-corrected chi connectivity index (χ3v) is 1.85. The van der Waals surface area contributed by atoms with Crippen molar-refractivity contribution in [1.29, 1.82) is 0 Å². The maximum Gasteiger partial charge on any atom is 0.408 e. The normalized spacial score (nSPS) is 26.5. The van der Waals surface area contributed by atoms with E-state index in [0.29, 0.717) is 13.0 Å². The summed E-state index contributed by atoms with van der Waals surface area (Å²) in [5.74, 6) is -0.430. The molecule has 0 aliphatic carbocycles. The molecule has 5 heteroatoms. The van der Waals surface area contributed by atoms with E-state index in [0.717, 1.165) is 0 Å². The molecule has 0 saturated carbocycles. The number of carbonyl (C=O) groups excluding carboxylic acids is 2. The van der Waals surface area contributed by atoms with Crippen LogP contribution in [0.3, 0.4) is 0 Å². The molecular weight excluding hydrogens is 174 g/mol. The lowest BCUT2D eigenvalue weighted by Gasteiger charge is -2.12. The summed E-state index contributed by atoms with van der Waals surface area (Å²) in [5.41, 5.74) is 0. The van der Waals surface area contributed by atoms with Crippen LogP contribution < -0.4 is 5.32 Å². The van der Waals surface area contributed by atoms with Gasteiger partial charge in [0.2, 0.25) is 0 Å². The SMILES string of the molecule is CCOC(=O)C1NC(=O)OC1CC. The number of hydrogen-bond acceptors (Lipinski definition) is 4. The van der Waals surface area contributed by atoms with Crippen LogP contribution in [0.2, 0.25) is 0 Å². The summed E-state index contributed by atoms with van der Waals surface area (Å²) in [5, 5.41) is 2.40. The lowest BCUT2D eigenvalue weighted by atomic mass is 10.1. The molecule has 0 bridgehead atoms. The minimum absolute atomic E-state index is 0.307. The van der Waals surface area contributed by atoms with Gasteiger partial charge >= 0.3 is 12.1 Å². The highest BCUT2D eigenvalue weighted by atomic mass is 16.6. The summed E-state index contributed by atoms with van der Waals surface area (Å²) >= 11 is 0. The predicted octanol–water partition coefficient (Wildman–Crippen LogP) is 0.436. The van der Waals surface area contributed by atoms with Crippen LogP contribution in [0.4, 0.5) is 4.79 Å². The van der Waals surface area contributed by atoms with E-state index in [2.05, 4.69) is 5.32 Å². The van der Waals surface area contributed by atoms with Gasteiger partial charge in [0.1, 0.15) is 6.10 Å². The van der Waals surface area contributed by atoms with Crippen molar-refractivity contribution in [1.82, 2.24) is 5.32 Å². The van der Waals surface area contributed by atoms with Gasteiger partial charge < -0.3 is 14.8 Å². The number of nitrogens with one attached hydrogen (secondary N) is 1. The smallest absolute Gasteiger partial charge is 0.408 e. The Morgan fingerprint density at radius 3 is 2.85 bits per heavy atom. The summed E-state index contributed by atoms with van der Waals surface area (Å²) in [7, 11) is 0. The Hall–Kier alpha value is -1.26. The van der Waals surface area contributed by atoms with Gasteiger partial charge in [0.05, 0.1) is 6.61 Å². The molecule has 0 radical (unpaired) electrons. The number of hydrogen-bond donors (Lipinski definition) is 1. The summed E-state index contributed by atoms with van der Waals surface area (Å²) < 4.78 is 9.61. The minimum atomic E-state index is -0.641. The van der Waals surface area contributed by atoms with Crippen molar-refractivity contribution in [2.75, 3.05) is 6.61 Å². The van der Waals surface area contributed by atoms with Crippen LogP contribution in [0.1, 0.15) is 20.3 Å². The average molecular weight is 187 g/mol. The second kappa shape index (κ2) is 4.11. The summed E-state index contributed by atoms with van der Waals surface area (Å²) in [6.07, 6.45) is -0.348. The van der Waals surface area contributed by atoms with Crippen molar-refractivity contribution in [3.8, 4) is 0 Å². The van der Waals surface area contributed by atoms with E-state index in [-0.39, 0.29) is 0 Å². The minimum Gasteiger partial charge on any atom is -0.464 e.